The maximum atomic E-state index is 11.6. The number of rotatable bonds is 6. The van der Waals surface area contributed by atoms with Crippen molar-refractivity contribution in [1.82, 2.24) is 9.97 Å². The zero-order chi connectivity index (χ0) is 19.4. The summed E-state index contributed by atoms with van der Waals surface area (Å²) in [5.41, 5.74) is 2.24. The maximum absolute atomic E-state index is 11.6. The number of nitrogens with zero attached hydrogens (tertiary/aromatic N) is 3. The summed E-state index contributed by atoms with van der Waals surface area (Å²) in [5, 5.41) is 18.1. The van der Waals surface area contributed by atoms with E-state index in [0.29, 0.717) is 17.3 Å². The number of hydrogen-bond donors (Lipinski definition) is 2. The molecule has 0 saturated heterocycles. The van der Waals surface area contributed by atoms with Gasteiger partial charge < -0.3 is 10.6 Å². The number of nitrogens with one attached hydrogen (secondary N) is 2. The molecule has 9 heteroatoms. The van der Waals surface area contributed by atoms with E-state index in [-0.39, 0.29) is 22.3 Å². The number of nitro groups is 1. The van der Waals surface area contributed by atoms with Gasteiger partial charge in [0.1, 0.15) is 6.33 Å². The summed E-state index contributed by atoms with van der Waals surface area (Å²) >= 11 is 12.1. The van der Waals surface area contributed by atoms with E-state index in [1.807, 2.05) is 31.2 Å². The van der Waals surface area contributed by atoms with Gasteiger partial charge in [-0.25, -0.2) is 9.97 Å². The molecule has 1 aromatic heterocycles. The van der Waals surface area contributed by atoms with E-state index in [2.05, 4.69) is 20.6 Å². The van der Waals surface area contributed by atoms with Gasteiger partial charge in [-0.05, 0) is 24.6 Å². The predicted molar refractivity (Wildman–Crippen MR) is 107 cm³/mol. The van der Waals surface area contributed by atoms with Gasteiger partial charge in [0.25, 0.3) is 0 Å². The van der Waals surface area contributed by atoms with Gasteiger partial charge in [0.15, 0.2) is 0 Å². The lowest BCUT2D eigenvalue weighted by atomic mass is 10.1. The van der Waals surface area contributed by atoms with E-state index in [1.165, 1.54) is 6.33 Å². The molecule has 0 saturated carbocycles. The largest absolute Gasteiger partial charge is 0.360 e. The summed E-state index contributed by atoms with van der Waals surface area (Å²) < 4.78 is 0. The molecular weight excluding hydrogens is 389 g/mol. The third-order valence-corrected chi connectivity index (χ3v) is 4.61. The molecule has 3 rings (SSSR count). The number of anilines is 3. The number of halogens is 2. The lowest BCUT2D eigenvalue weighted by molar-refractivity contribution is -0.383. The zero-order valence-electron chi connectivity index (χ0n) is 14.2. The molecule has 0 unspecified atom stereocenters. The van der Waals surface area contributed by atoms with Crippen LogP contribution < -0.4 is 10.6 Å². The summed E-state index contributed by atoms with van der Waals surface area (Å²) in [6, 6.07) is 12.8. The van der Waals surface area contributed by atoms with Gasteiger partial charge >= 0.3 is 5.69 Å². The fourth-order valence-electron chi connectivity index (χ4n) is 2.39. The molecule has 0 bridgehead atoms. The van der Waals surface area contributed by atoms with Crippen LogP contribution in [0.1, 0.15) is 11.1 Å². The lowest BCUT2D eigenvalue weighted by Gasteiger charge is -2.11. The molecular formula is C18H15Cl2N5O2. The van der Waals surface area contributed by atoms with Crippen LogP contribution in [0.4, 0.5) is 23.0 Å². The molecule has 0 aliphatic rings. The molecule has 0 radical (unpaired) electrons. The molecule has 2 aromatic carbocycles. The quantitative estimate of drug-likeness (QED) is 0.425. The summed E-state index contributed by atoms with van der Waals surface area (Å²) in [5.74, 6) is 0.127. The van der Waals surface area contributed by atoms with E-state index in [9.17, 15) is 10.1 Å². The summed E-state index contributed by atoms with van der Waals surface area (Å²) in [7, 11) is 0. The topological polar surface area (TPSA) is 93.0 Å². The number of hydrogen-bond acceptors (Lipinski definition) is 6. The van der Waals surface area contributed by atoms with E-state index in [4.69, 9.17) is 23.2 Å². The Hall–Kier alpha value is -2.90. The zero-order valence-corrected chi connectivity index (χ0v) is 15.8. The van der Waals surface area contributed by atoms with Crippen molar-refractivity contribution in [1.29, 1.82) is 0 Å². The van der Waals surface area contributed by atoms with Crippen LogP contribution in [0.2, 0.25) is 10.0 Å². The molecule has 138 valence electrons. The van der Waals surface area contributed by atoms with Gasteiger partial charge in [0.2, 0.25) is 11.6 Å². The van der Waals surface area contributed by atoms with E-state index in [1.54, 1.807) is 18.2 Å². The average Bonchev–Trinajstić information content (AvgIpc) is 2.65. The molecule has 0 aliphatic heterocycles. The van der Waals surface area contributed by atoms with Crippen LogP contribution in [0, 0.1) is 17.0 Å². The van der Waals surface area contributed by atoms with Crippen LogP contribution in [0.3, 0.4) is 0 Å². The molecule has 3 aromatic rings. The minimum Gasteiger partial charge on any atom is -0.360 e. The Labute approximate surface area is 165 Å². The van der Waals surface area contributed by atoms with Crippen LogP contribution in [0.15, 0.2) is 48.8 Å². The molecule has 0 atom stereocenters. The Balaban J connectivity index is 1.89. The highest BCUT2D eigenvalue weighted by atomic mass is 35.5. The fraction of sp³-hybridized carbons (Fsp3) is 0.111. The summed E-state index contributed by atoms with van der Waals surface area (Å²) in [6.45, 7) is 2.38. The first-order valence-electron chi connectivity index (χ1n) is 7.95. The first kappa shape index (κ1) is 18.9. The third kappa shape index (κ3) is 4.45. The van der Waals surface area contributed by atoms with Gasteiger partial charge in [0.05, 0.1) is 20.7 Å². The van der Waals surface area contributed by atoms with Gasteiger partial charge in [-0.1, -0.05) is 59.1 Å². The second-order valence-electron chi connectivity index (χ2n) is 5.74. The first-order valence-corrected chi connectivity index (χ1v) is 8.71. The molecule has 7 nitrogen and oxygen atoms in total. The highest BCUT2D eigenvalue weighted by molar-refractivity contribution is 6.43. The van der Waals surface area contributed by atoms with Gasteiger partial charge in [-0.2, -0.15) is 0 Å². The van der Waals surface area contributed by atoms with Gasteiger partial charge in [-0.15, -0.1) is 0 Å². The van der Waals surface area contributed by atoms with Crippen LogP contribution in [0.25, 0.3) is 0 Å². The molecule has 0 spiro atoms. The summed E-state index contributed by atoms with van der Waals surface area (Å²) in [4.78, 5) is 19.1. The molecule has 2 N–H and O–H groups in total. The lowest BCUT2D eigenvalue weighted by Crippen LogP contribution is -2.08. The van der Waals surface area contributed by atoms with Crippen LogP contribution in [-0.4, -0.2) is 14.9 Å². The minimum absolute atomic E-state index is 0.0190. The van der Waals surface area contributed by atoms with Crippen molar-refractivity contribution in [3.8, 4) is 0 Å². The highest BCUT2D eigenvalue weighted by Crippen LogP contribution is 2.35. The van der Waals surface area contributed by atoms with Crippen molar-refractivity contribution in [2.24, 2.45) is 0 Å². The smallest absolute Gasteiger partial charge is 0.353 e. The van der Waals surface area contributed by atoms with Gasteiger partial charge in [0, 0.05) is 6.54 Å². The molecule has 1 heterocycles. The van der Waals surface area contributed by atoms with E-state index in [0.717, 1.165) is 11.1 Å². The van der Waals surface area contributed by atoms with Crippen molar-refractivity contribution in [2.75, 3.05) is 10.6 Å². The van der Waals surface area contributed by atoms with Crippen LogP contribution in [-0.2, 0) is 6.54 Å². The Morgan fingerprint density at radius 2 is 1.78 bits per heavy atom. The minimum atomic E-state index is -0.543. The second kappa shape index (κ2) is 8.20. The Morgan fingerprint density at radius 3 is 2.48 bits per heavy atom. The Kier molecular flexibility index (Phi) is 5.73. The van der Waals surface area contributed by atoms with Crippen LogP contribution >= 0.6 is 23.2 Å². The van der Waals surface area contributed by atoms with Crippen LogP contribution in [0.5, 0.6) is 0 Å². The van der Waals surface area contributed by atoms with Crippen molar-refractivity contribution in [3.05, 3.63) is 80.1 Å². The van der Waals surface area contributed by atoms with E-state index < -0.39 is 4.92 Å². The Morgan fingerprint density at radius 1 is 1.07 bits per heavy atom. The number of aryl methyl sites for hydroxylation is 1. The second-order valence-corrected chi connectivity index (χ2v) is 6.53. The molecule has 0 aliphatic carbocycles. The standard InChI is InChI=1S/C18H15Cl2N5O2/c1-11-5-7-12(8-6-11)9-21-17-16(25(26)27)18(23-10-22-17)24-14-4-2-3-13(19)15(14)20/h2-8,10H,9H2,1H3,(H2,21,22,23,24). The summed E-state index contributed by atoms with van der Waals surface area (Å²) in [6.07, 6.45) is 1.24. The maximum Gasteiger partial charge on any atom is 0.353 e. The highest BCUT2D eigenvalue weighted by Gasteiger charge is 2.23. The molecule has 27 heavy (non-hydrogen) atoms. The van der Waals surface area contributed by atoms with E-state index >= 15 is 0 Å². The third-order valence-electron chi connectivity index (χ3n) is 3.79. The number of benzene rings is 2. The average molecular weight is 404 g/mol. The fourth-order valence-corrected chi connectivity index (χ4v) is 2.74. The molecule has 0 fully saturated rings. The predicted octanol–water partition coefficient (Wildman–Crippen LogP) is 5.36. The number of aromatic nitrogens is 2. The first-order chi connectivity index (χ1) is 13.0. The SMILES string of the molecule is Cc1ccc(CNc2ncnc(Nc3cccc(Cl)c3Cl)c2[N+](=O)[O-])cc1. The van der Waals surface area contributed by atoms with Crippen molar-refractivity contribution in [3.63, 3.8) is 0 Å². The normalized spacial score (nSPS) is 10.5. The van der Waals surface area contributed by atoms with Crippen molar-refractivity contribution in [2.45, 2.75) is 13.5 Å². The monoisotopic (exact) mass is 403 g/mol. The molecule has 0 amide bonds. The van der Waals surface area contributed by atoms with Gasteiger partial charge in [-0.3, -0.25) is 10.1 Å². The Bertz CT molecular complexity index is 980. The van der Waals surface area contributed by atoms with Crippen molar-refractivity contribution < 1.29 is 4.92 Å². The van der Waals surface area contributed by atoms with Crippen molar-refractivity contribution >= 4 is 46.2 Å².